The highest BCUT2D eigenvalue weighted by Crippen LogP contribution is 2.21. The molecule has 2 heterocycles. The Morgan fingerprint density at radius 2 is 2.33 bits per heavy atom. The van der Waals surface area contributed by atoms with Gasteiger partial charge in [0.1, 0.15) is 0 Å². The van der Waals surface area contributed by atoms with Gasteiger partial charge in [0.05, 0.1) is 12.0 Å². The second-order valence-electron chi connectivity index (χ2n) is 3.93. The molecule has 0 spiro atoms. The zero-order valence-corrected chi connectivity index (χ0v) is 9.24. The average molecular weight is 230 g/mol. The number of nitrogens with one attached hydrogen (secondary N) is 1. The van der Waals surface area contributed by atoms with E-state index >= 15 is 0 Å². The minimum atomic E-state index is -1.41. The number of hydrogen-bond donors (Lipinski definition) is 3. The molecular weight excluding hydrogens is 215 g/mol. The van der Waals surface area contributed by atoms with Crippen LogP contribution in [0.3, 0.4) is 0 Å². The van der Waals surface area contributed by atoms with Crippen molar-refractivity contribution < 1.29 is 14.8 Å². The Bertz CT molecular complexity index is 248. The third-order valence-corrected chi connectivity index (χ3v) is 3.88. The van der Waals surface area contributed by atoms with Crippen LogP contribution in [0.25, 0.3) is 0 Å². The molecule has 2 aliphatic heterocycles. The molecule has 2 saturated heterocycles. The van der Waals surface area contributed by atoms with Crippen molar-refractivity contribution in [1.29, 1.82) is 0 Å². The molecule has 84 valence electrons. The number of likely N-dealkylation sites (tertiary alicyclic amines) is 1. The summed E-state index contributed by atoms with van der Waals surface area (Å²) in [6.45, 7) is 0.643. The largest absolute Gasteiger partial charge is 0.475 e. The first-order valence-corrected chi connectivity index (χ1v) is 6.33. The van der Waals surface area contributed by atoms with E-state index in [0.29, 0.717) is 13.0 Å². The van der Waals surface area contributed by atoms with Crippen molar-refractivity contribution >= 4 is 24.8 Å². The Balaban J connectivity index is 1.99. The van der Waals surface area contributed by atoms with Gasteiger partial charge in [0.2, 0.25) is 5.91 Å². The van der Waals surface area contributed by atoms with Crippen molar-refractivity contribution in [3.05, 3.63) is 0 Å². The minimum Gasteiger partial charge on any atom is -0.426 e. The molecule has 2 atom stereocenters. The van der Waals surface area contributed by atoms with Gasteiger partial charge in [-0.3, -0.25) is 10.1 Å². The van der Waals surface area contributed by atoms with Crippen LogP contribution in [0.5, 0.6) is 0 Å². The van der Waals surface area contributed by atoms with Crippen molar-refractivity contribution in [2.45, 2.75) is 24.8 Å². The van der Waals surface area contributed by atoms with Crippen molar-refractivity contribution in [2.24, 2.45) is 0 Å². The van der Waals surface area contributed by atoms with Crippen LogP contribution in [0.15, 0.2) is 0 Å². The molecule has 1 amide bonds. The highest BCUT2D eigenvalue weighted by molar-refractivity contribution is 7.99. The summed E-state index contributed by atoms with van der Waals surface area (Å²) in [5.74, 6) is 1.18. The fourth-order valence-corrected chi connectivity index (χ4v) is 3.06. The van der Waals surface area contributed by atoms with Crippen LogP contribution in [0.2, 0.25) is 0 Å². The van der Waals surface area contributed by atoms with E-state index in [-0.39, 0.29) is 11.9 Å². The molecule has 3 N–H and O–H groups in total. The van der Waals surface area contributed by atoms with Crippen LogP contribution in [-0.4, -0.2) is 58.1 Å². The molecule has 0 bridgehead atoms. The molecule has 2 aliphatic rings. The Morgan fingerprint density at radius 3 is 2.93 bits per heavy atom. The Hall–Kier alpha value is -0.235. The summed E-state index contributed by atoms with van der Waals surface area (Å²) >= 11 is 1.70. The van der Waals surface area contributed by atoms with Crippen LogP contribution in [0.4, 0.5) is 0 Å². The predicted octanol–water partition coefficient (Wildman–Crippen LogP) is -1.35. The summed E-state index contributed by atoms with van der Waals surface area (Å²) in [7, 11) is -1.41. The van der Waals surface area contributed by atoms with E-state index in [9.17, 15) is 4.79 Å². The molecule has 0 radical (unpaired) electrons. The Labute approximate surface area is 93.4 Å². The fraction of sp³-hybridized carbons (Fsp3) is 0.875. The number of carbonyl (C=O) groups is 1. The Morgan fingerprint density at radius 1 is 1.53 bits per heavy atom. The summed E-state index contributed by atoms with van der Waals surface area (Å²) in [6.07, 6.45) is 1.54. The van der Waals surface area contributed by atoms with Gasteiger partial charge < -0.3 is 14.9 Å². The molecule has 0 aromatic carbocycles. The van der Waals surface area contributed by atoms with E-state index in [1.54, 1.807) is 16.7 Å². The van der Waals surface area contributed by atoms with Crippen molar-refractivity contribution in [1.82, 2.24) is 10.2 Å². The monoisotopic (exact) mass is 230 g/mol. The second kappa shape index (κ2) is 4.73. The normalized spacial score (nSPS) is 30.9. The van der Waals surface area contributed by atoms with E-state index < -0.39 is 13.1 Å². The Kier molecular flexibility index (Phi) is 3.55. The molecule has 5 nitrogen and oxygen atoms in total. The molecular formula is C8H15BN2O3S. The van der Waals surface area contributed by atoms with Crippen molar-refractivity contribution in [2.75, 3.05) is 18.2 Å². The van der Waals surface area contributed by atoms with Crippen molar-refractivity contribution in [3.8, 4) is 0 Å². The van der Waals surface area contributed by atoms with Gasteiger partial charge in [-0.15, -0.1) is 11.8 Å². The molecule has 15 heavy (non-hydrogen) atoms. The zero-order chi connectivity index (χ0) is 10.8. The third kappa shape index (κ3) is 2.30. The number of nitrogens with zero attached hydrogens (tertiary/aromatic N) is 1. The van der Waals surface area contributed by atoms with E-state index in [0.717, 1.165) is 18.1 Å². The van der Waals surface area contributed by atoms with Gasteiger partial charge in [0.25, 0.3) is 0 Å². The standard InChI is InChI=1S/C8H15BN2O3S/c12-8(6-4-15-5-10-6)11-3-1-2-7(11)9(13)14/h6-7,10,13-14H,1-5H2/t6?,7-/m0/s1. The van der Waals surface area contributed by atoms with Crippen molar-refractivity contribution in [3.63, 3.8) is 0 Å². The lowest BCUT2D eigenvalue weighted by Gasteiger charge is -2.26. The molecule has 7 heteroatoms. The van der Waals surface area contributed by atoms with Crippen LogP contribution >= 0.6 is 11.8 Å². The minimum absolute atomic E-state index is 0.00981. The van der Waals surface area contributed by atoms with Crippen LogP contribution in [0, 0.1) is 0 Å². The summed E-state index contributed by atoms with van der Waals surface area (Å²) < 4.78 is 0. The quantitative estimate of drug-likeness (QED) is 0.512. The number of rotatable bonds is 2. The molecule has 0 aliphatic carbocycles. The number of thioether (sulfide) groups is 1. The highest BCUT2D eigenvalue weighted by atomic mass is 32.2. The summed E-state index contributed by atoms with van der Waals surface area (Å²) in [4.78, 5) is 13.6. The number of carbonyl (C=O) groups excluding carboxylic acids is 1. The SMILES string of the molecule is O=C(C1CSCN1)N1CCC[C@H]1B(O)O. The smallest absolute Gasteiger partial charge is 0.426 e. The van der Waals surface area contributed by atoms with Gasteiger partial charge in [-0.25, -0.2) is 0 Å². The van der Waals surface area contributed by atoms with Crippen LogP contribution in [-0.2, 0) is 4.79 Å². The molecule has 1 unspecified atom stereocenters. The van der Waals surface area contributed by atoms with E-state index in [2.05, 4.69) is 5.32 Å². The fourth-order valence-electron chi connectivity index (χ4n) is 2.13. The van der Waals surface area contributed by atoms with E-state index in [4.69, 9.17) is 10.0 Å². The molecule has 0 saturated carbocycles. The average Bonchev–Trinajstić information content (AvgIpc) is 2.88. The van der Waals surface area contributed by atoms with Gasteiger partial charge >= 0.3 is 7.12 Å². The van der Waals surface area contributed by atoms with Gasteiger partial charge in [-0.1, -0.05) is 0 Å². The molecule has 0 aromatic rings. The first kappa shape index (κ1) is 11.3. The van der Waals surface area contributed by atoms with Gasteiger partial charge in [-0.05, 0) is 12.8 Å². The summed E-state index contributed by atoms with van der Waals surface area (Å²) in [5, 5.41) is 21.4. The lowest BCUT2D eigenvalue weighted by atomic mass is 9.78. The topological polar surface area (TPSA) is 72.8 Å². The van der Waals surface area contributed by atoms with E-state index in [1.807, 2.05) is 0 Å². The summed E-state index contributed by atoms with van der Waals surface area (Å²) in [5.41, 5.74) is 0. The first-order chi connectivity index (χ1) is 7.20. The number of hydrogen-bond acceptors (Lipinski definition) is 5. The highest BCUT2D eigenvalue weighted by Gasteiger charge is 2.39. The summed E-state index contributed by atoms with van der Waals surface area (Å²) in [6, 6.07) is -0.144. The molecule has 2 rings (SSSR count). The second-order valence-corrected chi connectivity index (χ2v) is 4.96. The van der Waals surface area contributed by atoms with Crippen LogP contribution in [0.1, 0.15) is 12.8 Å². The van der Waals surface area contributed by atoms with Gasteiger partial charge in [-0.2, -0.15) is 0 Å². The van der Waals surface area contributed by atoms with Gasteiger partial charge in [0, 0.05) is 18.2 Å². The van der Waals surface area contributed by atoms with E-state index in [1.165, 1.54) is 0 Å². The molecule has 0 aromatic heterocycles. The van der Waals surface area contributed by atoms with Crippen LogP contribution < -0.4 is 5.32 Å². The maximum Gasteiger partial charge on any atom is 0.475 e. The molecule has 2 fully saturated rings. The number of amides is 1. The maximum atomic E-state index is 12.0. The predicted molar refractivity (Wildman–Crippen MR) is 59.2 cm³/mol. The first-order valence-electron chi connectivity index (χ1n) is 5.18. The van der Waals surface area contributed by atoms with Gasteiger partial charge in [0.15, 0.2) is 0 Å². The zero-order valence-electron chi connectivity index (χ0n) is 8.43. The lowest BCUT2D eigenvalue weighted by Crippen LogP contribution is -2.51. The maximum absolute atomic E-state index is 12.0. The lowest BCUT2D eigenvalue weighted by molar-refractivity contribution is -0.132. The third-order valence-electron chi connectivity index (χ3n) is 2.94.